The Balaban J connectivity index is 1.77. The molecule has 0 saturated carbocycles. The lowest BCUT2D eigenvalue weighted by Gasteiger charge is -2.39. The number of rotatable bonds is 17. The lowest BCUT2D eigenvalue weighted by Crippen LogP contribution is -2.52. The van der Waals surface area contributed by atoms with E-state index in [-0.39, 0.29) is 60.3 Å². The molecular formula is C30H50N6O6S. The van der Waals surface area contributed by atoms with Gasteiger partial charge in [-0.1, -0.05) is 26.0 Å². The van der Waals surface area contributed by atoms with E-state index in [4.69, 9.17) is 26.7 Å². The summed E-state index contributed by atoms with van der Waals surface area (Å²) in [5.41, 5.74) is 17.8. The van der Waals surface area contributed by atoms with Crippen LogP contribution >= 0.6 is 0 Å². The molecule has 43 heavy (non-hydrogen) atoms. The molecule has 1 saturated heterocycles. The first-order valence-electron chi connectivity index (χ1n) is 15.4. The molecule has 1 fully saturated rings. The molecule has 4 atom stereocenters. The Kier molecular flexibility index (Phi) is 13.7. The van der Waals surface area contributed by atoms with Crippen molar-refractivity contribution in [1.29, 1.82) is 0 Å². The summed E-state index contributed by atoms with van der Waals surface area (Å²) in [5, 5.41) is 3.30. The maximum Gasteiger partial charge on any atom is 0.227 e. The minimum absolute atomic E-state index is 0.0285. The van der Waals surface area contributed by atoms with E-state index >= 15 is 0 Å². The first kappa shape index (κ1) is 34.7. The molecule has 12 nitrogen and oxygen atoms in total. The number of carbonyl (C=O) groups excluding carboxylic acids is 2. The van der Waals surface area contributed by atoms with E-state index in [1.807, 2.05) is 6.07 Å². The smallest absolute Gasteiger partial charge is 0.227 e. The highest BCUT2D eigenvalue weighted by Crippen LogP contribution is 2.34. The van der Waals surface area contributed by atoms with Gasteiger partial charge >= 0.3 is 0 Å². The topological polar surface area (TPSA) is 192 Å². The standard InChI is InChI=1S/C30H50N6O6S/c1-21-10-12-36(25(17-21)26(37)8-5-13-41-14-15-42-20-31)29(38)24(7-4-11-34-30(32)33)19-43(39,40)27-9-3-6-23-16-22(2)18-35-28(23)27/h3,6,9,21-22,24-25,35H,4-5,7-8,10-20,31H2,1-2H3,(H4,32,33,34). The molecule has 2 aliphatic rings. The van der Waals surface area contributed by atoms with E-state index < -0.39 is 21.8 Å². The summed E-state index contributed by atoms with van der Waals surface area (Å²) in [6.07, 6.45) is 3.59. The highest BCUT2D eigenvalue weighted by molar-refractivity contribution is 7.91. The first-order valence-corrected chi connectivity index (χ1v) is 17.0. The van der Waals surface area contributed by atoms with E-state index in [1.165, 1.54) is 0 Å². The number of sulfone groups is 1. The van der Waals surface area contributed by atoms with Gasteiger partial charge in [-0.05, 0) is 62.0 Å². The minimum atomic E-state index is -3.85. The maximum atomic E-state index is 14.1. The number of ether oxygens (including phenoxy) is 2. The Morgan fingerprint density at radius 1 is 1.12 bits per heavy atom. The third-order valence-electron chi connectivity index (χ3n) is 8.14. The number of likely N-dealkylation sites (tertiary alicyclic amines) is 1. The zero-order chi connectivity index (χ0) is 31.4. The molecule has 1 amide bonds. The number of aliphatic imine (C=N–C) groups is 1. The SMILES string of the molecule is CC1CNc2c(cccc2S(=O)(=O)CC(CCCN=C(N)N)C(=O)N2CCC(C)CC2C(=O)CCCOCCOCN)C1. The predicted octanol–water partition coefficient (Wildman–Crippen LogP) is 1.66. The number of fused-ring (bicyclic) bond motifs is 1. The van der Waals surface area contributed by atoms with Crippen LogP contribution in [-0.4, -0.2) is 88.9 Å². The number of guanidine groups is 1. The van der Waals surface area contributed by atoms with Gasteiger partial charge in [0.05, 0.1) is 48.2 Å². The molecule has 2 aliphatic heterocycles. The van der Waals surface area contributed by atoms with E-state index in [0.29, 0.717) is 63.8 Å². The molecule has 1 aromatic rings. The van der Waals surface area contributed by atoms with E-state index in [0.717, 1.165) is 18.4 Å². The Bertz CT molecular complexity index is 1210. The number of benzene rings is 1. The minimum Gasteiger partial charge on any atom is -0.383 e. The number of Topliss-reactive ketones (excluding diaryl/α,β-unsaturated/α-hetero) is 1. The lowest BCUT2D eigenvalue weighted by atomic mass is 9.87. The van der Waals surface area contributed by atoms with Crippen molar-refractivity contribution in [3.63, 3.8) is 0 Å². The third-order valence-corrected chi connectivity index (χ3v) is 9.99. The summed E-state index contributed by atoms with van der Waals surface area (Å²) < 4.78 is 38.3. The second kappa shape index (κ2) is 16.9. The van der Waals surface area contributed by atoms with Crippen molar-refractivity contribution in [2.75, 3.05) is 57.3 Å². The number of para-hydroxylation sites is 1. The zero-order valence-corrected chi connectivity index (χ0v) is 26.4. The second-order valence-corrected chi connectivity index (χ2v) is 13.8. The zero-order valence-electron chi connectivity index (χ0n) is 25.6. The molecular weight excluding hydrogens is 572 g/mol. The summed E-state index contributed by atoms with van der Waals surface area (Å²) in [5.74, 6) is -0.920. The van der Waals surface area contributed by atoms with Gasteiger partial charge in [-0.3, -0.25) is 14.6 Å². The van der Waals surface area contributed by atoms with Crippen LogP contribution in [0.2, 0.25) is 0 Å². The Morgan fingerprint density at radius 2 is 1.88 bits per heavy atom. The molecule has 1 aromatic carbocycles. The molecule has 4 unspecified atom stereocenters. The van der Waals surface area contributed by atoms with Gasteiger partial charge in [0.1, 0.15) is 0 Å². The number of nitrogens with two attached hydrogens (primary N) is 3. The number of carbonyl (C=O) groups is 2. The van der Waals surface area contributed by atoms with Gasteiger partial charge in [-0.2, -0.15) is 0 Å². The van der Waals surface area contributed by atoms with Crippen molar-refractivity contribution in [3.8, 4) is 0 Å². The van der Waals surface area contributed by atoms with Gasteiger partial charge < -0.3 is 36.9 Å². The number of ketones is 1. The lowest BCUT2D eigenvalue weighted by molar-refractivity contribution is -0.145. The average molecular weight is 623 g/mol. The van der Waals surface area contributed by atoms with Gasteiger partial charge in [-0.15, -0.1) is 0 Å². The van der Waals surface area contributed by atoms with Crippen molar-refractivity contribution >= 4 is 33.2 Å². The summed E-state index contributed by atoms with van der Waals surface area (Å²) in [6, 6.07) is 4.72. The molecule has 242 valence electrons. The van der Waals surface area contributed by atoms with Crippen LogP contribution in [-0.2, 0) is 35.3 Å². The van der Waals surface area contributed by atoms with Crippen LogP contribution < -0.4 is 22.5 Å². The van der Waals surface area contributed by atoms with Gasteiger partial charge in [0.2, 0.25) is 5.91 Å². The molecule has 0 radical (unpaired) electrons. The highest BCUT2D eigenvalue weighted by atomic mass is 32.2. The van der Waals surface area contributed by atoms with Crippen LogP contribution in [0.3, 0.4) is 0 Å². The molecule has 0 aromatic heterocycles. The first-order chi connectivity index (χ1) is 20.5. The number of hydrogen-bond acceptors (Lipinski definition) is 9. The number of nitrogens with zero attached hydrogens (tertiary/aromatic N) is 2. The van der Waals surface area contributed by atoms with Crippen LogP contribution in [0.5, 0.6) is 0 Å². The van der Waals surface area contributed by atoms with Gasteiger partial charge in [0.25, 0.3) is 0 Å². The summed E-state index contributed by atoms with van der Waals surface area (Å²) in [4.78, 5) is 33.4. The maximum absolute atomic E-state index is 14.1. The Hall–Kier alpha value is -2.74. The van der Waals surface area contributed by atoms with Gasteiger partial charge in [0.15, 0.2) is 21.6 Å². The van der Waals surface area contributed by atoms with Crippen LogP contribution in [0.1, 0.15) is 57.9 Å². The largest absolute Gasteiger partial charge is 0.383 e. The van der Waals surface area contributed by atoms with Gasteiger partial charge in [-0.25, -0.2) is 8.42 Å². The number of amides is 1. The van der Waals surface area contributed by atoms with Gasteiger partial charge in [0, 0.05) is 32.7 Å². The number of piperidine rings is 1. The Morgan fingerprint density at radius 3 is 2.63 bits per heavy atom. The highest BCUT2D eigenvalue weighted by Gasteiger charge is 2.39. The van der Waals surface area contributed by atoms with Crippen molar-refractivity contribution in [1.82, 2.24) is 4.90 Å². The monoisotopic (exact) mass is 622 g/mol. The summed E-state index contributed by atoms with van der Waals surface area (Å²) >= 11 is 0. The molecule has 2 heterocycles. The molecule has 13 heteroatoms. The van der Waals surface area contributed by atoms with Crippen LogP contribution in [0.25, 0.3) is 0 Å². The summed E-state index contributed by atoms with van der Waals surface area (Å²) in [6.45, 7) is 6.88. The van der Waals surface area contributed by atoms with Crippen LogP contribution in [0.4, 0.5) is 5.69 Å². The molecule has 0 spiro atoms. The number of anilines is 1. The van der Waals surface area contributed by atoms with E-state index in [2.05, 4.69) is 24.2 Å². The Labute approximate surface area is 256 Å². The molecule has 7 N–H and O–H groups in total. The predicted molar refractivity (Wildman–Crippen MR) is 167 cm³/mol. The summed E-state index contributed by atoms with van der Waals surface area (Å²) in [7, 11) is -3.85. The molecule has 0 aliphatic carbocycles. The third kappa shape index (κ3) is 10.4. The van der Waals surface area contributed by atoms with E-state index in [1.54, 1.807) is 17.0 Å². The fourth-order valence-corrected chi connectivity index (χ4v) is 7.69. The van der Waals surface area contributed by atoms with Crippen LogP contribution in [0.15, 0.2) is 28.1 Å². The molecule has 3 rings (SSSR count). The quantitative estimate of drug-likeness (QED) is 0.0859. The van der Waals surface area contributed by atoms with Crippen molar-refractivity contribution in [3.05, 3.63) is 23.8 Å². The fraction of sp³-hybridized carbons (Fsp3) is 0.700. The normalized spacial score (nSPS) is 21.0. The van der Waals surface area contributed by atoms with Crippen molar-refractivity contribution < 1.29 is 27.5 Å². The number of hydrogen-bond donors (Lipinski definition) is 4. The number of nitrogens with one attached hydrogen (secondary N) is 1. The fourth-order valence-electron chi connectivity index (χ4n) is 5.87. The van der Waals surface area contributed by atoms with Crippen molar-refractivity contribution in [2.45, 2.75) is 69.7 Å². The van der Waals surface area contributed by atoms with Crippen LogP contribution in [0, 0.1) is 17.8 Å². The average Bonchev–Trinajstić information content (AvgIpc) is 2.97. The van der Waals surface area contributed by atoms with Crippen molar-refractivity contribution in [2.24, 2.45) is 39.9 Å². The second-order valence-electron chi connectivity index (χ2n) is 11.8. The molecule has 0 bridgehead atoms. The van der Waals surface area contributed by atoms with E-state index in [9.17, 15) is 18.0 Å².